The van der Waals surface area contributed by atoms with Gasteiger partial charge in [-0.05, 0) is 42.8 Å². The van der Waals surface area contributed by atoms with Crippen LogP contribution >= 0.6 is 0 Å². The summed E-state index contributed by atoms with van der Waals surface area (Å²) in [6, 6.07) is 20.4. The van der Waals surface area contributed by atoms with Crippen molar-refractivity contribution in [2.75, 3.05) is 23.9 Å². The van der Waals surface area contributed by atoms with Gasteiger partial charge < -0.3 is 15.0 Å². The fourth-order valence-corrected chi connectivity index (χ4v) is 2.93. The molecule has 3 rings (SSSR count). The van der Waals surface area contributed by atoms with Gasteiger partial charge in [-0.3, -0.25) is 4.79 Å². The zero-order valence-electron chi connectivity index (χ0n) is 16.5. The van der Waals surface area contributed by atoms with Crippen molar-refractivity contribution in [1.29, 1.82) is 0 Å². The van der Waals surface area contributed by atoms with Crippen LogP contribution in [0.2, 0.25) is 0 Å². The molecule has 0 unspecified atom stereocenters. The molecule has 0 saturated carbocycles. The predicted octanol–water partition coefficient (Wildman–Crippen LogP) is 4.15. The highest BCUT2D eigenvalue weighted by Gasteiger charge is 2.12. The third-order valence-electron chi connectivity index (χ3n) is 4.49. The zero-order chi connectivity index (χ0) is 20.6. The summed E-state index contributed by atoms with van der Waals surface area (Å²) in [7, 11) is 1.32. The number of anilines is 2. The van der Waals surface area contributed by atoms with E-state index in [1.165, 1.54) is 12.7 Å². The van der Waals surface area contributed by atoms with Crippen molar-refractivity contribution < 1.29 is 14.3 Å². The van der Waals surface area contributed by atoms with Crippen LogP contribution in [0.3, 0.4) is 0 Å². The van der Waals surface area contributed by atoms with Crippen LogP contribution in [0.4, 0.5) is 11.4 Å². The number of hydrogen-bond acceptors (Lipinski definition) is 5. The number of carbonyl (C=O) groups excluding carboxylic acids is 2. The molecule has 148 valence electrons. The van der Waals surface area contributed by atoms with Gasteiger partial charge in [-0.2, -0.15) is 0 Å². The topological polar surface area (TPSA) is 71.5 Å². The van der Waals surface area contributed by atoms with E-state index < -0.39 is 5.97 Å². The number of nitrogens with zero attached hydrogens (tertiary/aromatic N) is 2. The average molecular weight is 389 g/mol. The average Bonchev–Trinajstić information content (AvgIpc) is 2.78. The maximum Gasteiger partial charge on any atom is 0.337 e. The highest BCUT2D eigenvalue weighted by atomic mass is 16.5. The van der Waals surface area contributed by atoms with Crippen LogP contribution in [-0.4, -0.2) is 30.5 Å². The largest absolute Gasteiger partial charge is 0.465 e. The second-order valence-corrected chi connectivity index (χ2v) is 6.43. The summed E-state index contributed by atoms with van der Waals surface area (Å²) in [5.74, 6) is -0.800. The van der Waals surface area contributed by atoms with Gasteiger partial charge >= 0.3 is 5.97 Å². The van der Waals surface area contributed by atoms with E-state index in [1.54, 1.807) is 36.5 Å². The van der Waals surface area contributed by atoms with Crippen LogP contribution in [-0.2, 0) is 11.3 Å². The second-order valence-electron chi connectivity index (χ2n) is 6.43. The molecule has 0 atom stereocenters. The van der Waals surface area contributed by atoms with E-state index in [-0.39, 0.29) is 5.91 Å². The summed E-state index contributed by atoms with van der Waals surface area (Å²) in [5, 5.41) is 2.76. The monoisotopic (exact) mass is 389 g/mol. The highest BCUT2D eigenvalue weighted by Crippen LogP contribution is 2.17. The fourth-order valence-electron chi connectivity index (χ4n) is 2.93. The van der Waals surface area contributed by atoms with Gasteiger partial charge in [-0.25, -0.2) is 9.78 Å². The molecule has 0 aliphatic carbocycles. The third-order valence-corrected chi connectivity index (χ3v) is 4.49. The van der Waals surface area contributed by atoms with E-state index in [9.17, 15) is 9.59 Å². The van der Waals surface area contributed by atoms with Gasteiger partial charge in [0.2, 0.25) is 0 Å². The number of esters is 1. The molecule has 0 aliphatic heterocycles. The third kappa shape index (κ3) is 5.19. The Kier molecular flexibility index (Phi) is 6.58. The minimum Gasteiger partial charge on any atom is -0.465 e. The molecule has 0 aliphatic rings. The first-order chi connectivity index (χ1) is 14.1. The quantitative estimate of drug-likeness (QED) is 0.615. The van der Waals surface area contributed by atoms with Crippen molar-refractivity contribution in [3.8, 4) is 0 Å². The van der Waals surface area contributed by atoms with E-state index in [4.69, 9.17) is 4.74 Å². The first kappa shape index (κ1) is 20.1. The van der Waals surface area contributed by atoms with Crippen molar-refractivity contribution in [3.63, 3.8) is 0 Å². The number of carbonyl (C=O) groups is 2. The van der Waals surface area contributed by atoms with Crippen LogP contribution < -0.4 is 10.2 Å². The first-order valence-electron chi connectivity index (χ1n) is 9.35. The minimum absolute atomic E-state index is 0.299. The number of nitrogens with one attached hydrogen (secondary N) is 1. The molecule has 1 N–H and O–H groups in total. The Labute approximate surface area is 170 Å². The van der Waals surface area contributed by atoms with Crippen molar-refractivity contribution in [2.24, 2.45) is 0 Å². The van der Waals surface area contributed by atoms with Gasteiger partial charge in [0.05, 0.1) is 24.6 Å². The molecule has 0 bridgehead atoms. The lowest BCUT2D eigenvalue weighted by atomic mass is 10.2. The molecule has 1 aromatic heterocycles. The molecule has 0 radical (unpaired) electrons. The number of aromatic nitrogens is 1. The van der Waals surface area contributed by atoms with Gasteiger partial charge in [-0.15, -0.1) is 0 Å². The number of rotatable bonds is 7. The molecule has 29 heavy (non-hydrogen) atoms. The summed E-state index contributed by atoms with van der Waals surface area (Å²) in [4.78, 5) is 30.6. The summed E-state index contributed by atoms with van der Waals surface area (Å²) in [6.07, 6.45) is 1.70. The Morgan fingerprint density at radius 3 is 2.48 bits per heavy atom. The van der Waals surface area contributed by atoms with E-state index in [2.05, 4.69) is 34.3 Å². The molecular weight excluding hydrogens is 366 g/mol. The molecule has 0 saturated heterocycles. The van der Waals surface area contributed by atoms with E-state index in [1.807, 2.05) is 24.3 Å². The van der Waals surface area contributed by atoms with Gasteiger partial charge in [0.1, 0.15) is 5.69 Å². The summed E-state index contributed by atoms with van der Waals surface area (Å²) in [6.45, 7) is 3.67. The Bertz CT molecular complexity index is 972. The minimum atomic E-state index is -0.457. The second kappa shape index (κ2) is 9.50. The maximum absolute atomic E-state index is 12.5. The first-order valence-corrected chi connectivity index (χ1v) is 9.35. The summed E-state index contributed by atoms with van der Waals surface area (Å²) < 4.78 is 4.70. The van der Waals surface area contributed by atoms with E-state index in [0.717, 1.165) is 18.8 Å². The lowest BCUT2D eigenvalue weighted by Gasteiger charge is -2.23. The van der Waals surface area contributed by atoms with Gasteiger partial charge in [0.25, 0.3) is 5.91 Å². The van der Waals surface area contributed by atoms with Crippen molar-refractivity contribution >= 4 is 23.3 Å². The van der Waals surface area contributed by atoms with E-state index >= 15 is 0 Å². The standard InChI is InChI=1S/C23H23N3O3/c1-3-26(16-17-8-5-4-6-9-17)20-12-13-21(24-15-20)22(27)25-19-11-7-10-18(14-19)23(28)29-2/h4-15H,3,16H2,1-2H3,(H,25,27). The molecule has 1 amide bonds. The van der Waals surface area contributed by atoms with Gasteiger partial charge in [0.15, 0.2) is 0 Å². The molecule has 1 heterocycles. The highest BCUT2D eigenvalue weighted by molar-refractivity contribution is 6.03. The van der Waals surface area contributed by atoms with Crippen molar-refractivity contribution in [3.05, 3.63) is 89.7 Å². The van der Waals surface area contributed by atoms with Crippen LogP contribution in [0.15, 0.2) is 72.9 Å². The van der Waals surface area contributed by atoms with Gasteiger partial charge in [0, 0.05) is 18.8 Å². The molecule has 3 aromatic rings. The van der Waals surface area contributed by atoms with Crippen LogP contribution in [0.25, 0.3) is 0 Å². The zero-order valence-corrected chi connectivity index (χ0v) is 16.5. The summed E-state index contributed by atoms with van der Waals surface area (Å²) in [5.41, 5.74) is 3.33. The Morgan fingerprint density at radius 2 is 1.83 bits per heavy atom. The van der Waals surface area contributed by atoms with Gasteiger partial charge in [-0.1, -0.05) is 36.4 Å². The maximum atomic E-state index is 12.5. The molecular formula is C23H23N3O3. The Morgan fingerprint density at radius 1 is 1.03 bits per heavy atom. The molecule has 0 fully saturated rings. The van der Waals surface area contributed by atoms with Crippen LogP contribution in [0.5, 0.6) is 0 Å². The molecule has 0 spiro atoms. The number of amides is 1. The number of ether oxygens (including phenoxy) is 1. The number of pyridine rings is 1. The number of methoxy groups -OCH3 is 1. The lowest BCUT2D eigenvalue weighted by molar-refractivity contribution is 0.0600. The SMILES string of the molecule is CCN(Cc1ccccc1)c1ccc(C(=O)Nc2cccc(C(=O)OC)c2)nc1. The summed E-state index contributed by atoms with van der Waals surface area (Å²) >= 11 is 0. The lowest BCUT2D eigenvalue weighted by Crippen LogP contribution is -2.22. The van der Waals surface area contributed by atoms with Crippen molar-refractivity contribution in [2.45, 2.75) is 13.5 Å². The van der Waals surface area contributed by atoms with Crippen LogP contribution in [0.1, 0.15) is 33.3 Å². The fraction of sp³-hybridized carbons (Fsp3) is 0.174. The van der Waals surface area contributed by atoms with Crippen molar-refractivity contribution in [1.82, 2.24) is 4.98 Å². The number of benzene rings is 2. The number of hydrogen-bond donors (Lipinski definition) is 1. The molecule has 2 aromatic carbocycles. The molecule has 6 nitrogen and oxygen atoms in total. The Hall–Kier alpha value is -3.67. The van der Waals surface area contributed by atoms with E-state index in [0.29, 0.717) is 16.9 Å². The normalized spacial score (nSPS) is 10.3. The Balaban J connectivity index is 1.69. The smallest absolute Gasteiger partial charge is 0.337 e. The predicted molar refractivity (Wildman–Crippen MR) is 113 cm³/mol. The molecule has 6 heteroatoms. The van der Waals surface area contributed by atoms with Crippen LogP contribution in [0, 0.1) is 0 Å².